The van der Waals surface area contributed by atoms with Crippen molar-refractivity contribution in [3.8, 4) is 0 Å². The summed E-state index contributed by atoms with van der Waals surface area (Å²) in [4.78, 5) is 21.8. The van der Waals surface area contributed by atoms with Gasteiger partial charge >= 0.3 is 11.9 Å². The smallest absolute Gasteiger partial charge is 0.303 e. The first-order valence-electron chi connectivity index (χ1n) is 5.67. The highest BCUT2D eigenvalue weighted by Gasteiger charge is 2.60. The molecule has 2 saturated heterocycles. The standard InChI is InChI=1S/C11H16O7/c1-5(12)15-4-7-8(16-6(2)13)9-10(18-9)11(14-3)17-7/h7-11H,4H2,1-3H3/t7-,8-,9+,10+,11-/m1/s1. The maximum absolute atomic E-state index is 11.0. The molecule has 0 aromatic carbocycles. The minimum absolute atomic E-state index is 0.000278. The molecular weight excluding hydrogens is 244 g/mol. The van der Waals surface area contributed by atoms with Crippen molar-refractivity contribution in [2.24, 2.45) is 0 Å². The maximum Gasteiger partial charge on any atom is 0.303 e. The van der Waals surface area contributed by atoms with Gasteiger partial charge in [0.2, 0.25) is 0 Å². The van der Waals surface area contributed by atoms with E-state index in [1.807, 2.05) is 0 Å². The molecule has 2 aliphatic rings. The number of esters is 2. The van der Waals surface area contributed by atoms with Gasteiger partial charge in [0.15, 0.2) is 12.4 Å². The van der Waals surface area contributed by atoms with Crippen molar-refractivity contribution >= 4 is 11.9 Å². The van der Waals surface area contributed by atoms with Gasteiger partial charge in [0.1, 0.15) is 24.9 Å². The van der Waals surface area contributed by atoms with E-state index in [0.29, 0.717) is 0 Å². The number of carbonyl (C=O) groups excluding carboxylic acids is 2. The average Bonchev–Trinajstić information content (AvgIpc) is 3.07. The van der Waals surface area contributed by atoms with Gasteiger partial charge in [0.25, 0.3) is 0 Å². The van der Waals surface area contributed by atoms with Gasteiger partial charge in [-0.25, -0.2) is 0 Å². The molecule has 0 spiro atoms. The van der Waals surface area contributed by atoms with E-state index in [2.05, 4.69) is 0 Å². The molecule has 5 atom stereocenters. The molecular formula is C11H16O7. The molecule has 2 fully saturated rings. The topological polar surface area (TPSA) is 83.6 Å². The molecule has 18 heavy (non-hydrogen) atoms. The van der Waals surface area contributed by atoms with E-state index < -0.39 is 30.4 Å². The molecule has 0 N–H and O–H groups in total. The third kappa shape index (κ3) is 2.80. The Balaban J connectivity index is 2.00. The van der Waals surface area contributed by atoms with E-state index >= 15 is 0 Å². The molecule has 2 aliphatic heterocycles. The lowest BCUT2D eigenvalue weighted by molar-refractivity contribution is -0.219. The molecule has 2 heterocycles. The molecule has 0 amide bonds. The van der Waals surface area contributed by atoms with Crippen molar-refractivity contribution in [1.82, 2.24) is 0 Å². The Morgan fingerprint density at radius 2 is 1.83 bits per heavy atom. The van der Waals surface area contributed by atoms with Crippen LogP contribution in [0, 0.1) is 0 Å². The number of fused-ring (bicyclic) bond motifs is 1. The van der Waals surface area contributed by atoms with Crippen LogP contribution in [0.1, 0.15) is 13.8 Å². The number of epoxide rings is 1. The molecule has 102 valence electrons. The quantitative estimate of drug-likeness (QED) is 0.503. The number of hydrogen-bond acceptors (Lipinski definition) is 7. The molecule has 0 saturated carbocycles. The average molecular weight is 260 g/mol. The van der Waals surface area contributed by atoms with Crippen molar-refractivity contribution in [2.45, 2.75) is 44.6 Å². The van der Waals surface area contributed by atoms with Gasteiger partial charge in [-0.3, -0.25) is 9.59 Å². The van der Waals surface area contributed by atoms with Crippen molar-refractivity contribution in [3.63, 3.8) is 0 Å². The van der Waals surface area contributed by atoms with Crippen LogP contribution in [0.25, 0.3) is 0 Å². The second-order valence-corrected chi connectivity index (χ2v) is 4.22. The molecule has 7 nitrogen and oxygen atoms in total. The van der Waals surface area contributed by atoms with Crippen LogP contribution in [-0.4, -0.2) is 56.4 Å². The summed E-state index contributed by atoms with van der Waals surface area (Å²) in [5, 5.41) is 0. The molecule has 0 unspecified atom stereocenters. The second-order valence-electron chi connectivity index (χ2n) is 4.22. The van der Waals surface area contributed by atoms with Gasteiger partial charge in [-0.1, -0.05) is 0 Å². The first-order valence-corrected chi connectivity index (χ1v) is 5.67. The number of ether oxygens (including phenoxy) is 5. The number of carbonyl (C=O) groups is 2. The Bertz CT molecular complexity index is 342. The largest absolute Gasteiger partial charge is 0.463 e. The van der Waals surface area contributed by atoms with Gasteiger partial charge in [-0.05, 0) is 0 Å². The maximum atomic E-state index is 11.0. The Kier molecular flexibility index (Phi) is 3.84. The lowest BCUT2D eigenvalue weighted by Crippen LogP contribution is -2.49. The Hall–Kier alpha value is -1.18. The zero-order valence-electron chi connectivity index (χ0n) is 10.5. The fraction of sp³-hybridized carbons (Fsp3) is 0.818. The zero-order chi connectivity index (χ0) is 13.3. The fourth-order valence-electron chi connectivity index (χ4n) is 2.02. The van der Waals surface area contributed by atoms with Crippen molar-refractivity contribution in [3.05, 3.63) is 0 Å². The summed E-state index contributed by atoms with van der Waals surface area (Å²) in [7, 11) is 1.50. The molecule has 0 aromatic rings. The Labute approximate surface area is 104 Å². The predicted molar refractivity (Wildman–Crippen MR) is 56.5 cm³/mol. The molecule has 0 bridgehead atoms. The summed E-state index contributed by atoms with van der Waals surface area (Å²) in [6.07, 6.45) is -2.16. The Morgan fingerprint density at radius 1 is 1.11 bits per heavy atom. The van der Waals surface area contributed by atoms with Crippen LogP contribution in [0.2, 0.25) is 0 Å². The highest BCUT2D eigenvalue weighted by Crippen LogP contribution is 2.39. The molecule has 0 aromatic heterocycles. The van der Waals surface area contributed by atoms with Crippen LogP contribution in [0.3, 0.4) is 0 Å². The normalized spacial score (nSPS) is 37.6. The third-order valence-corrected chi connectivity index (χ3v) is 2.81. The molecule has 2 rings (SSSR count). The molecule has 7 heteroatoms. The first kappa shape index (κ1) is 13.3. The number of methoxy groups -OCH3 is 1. The monoisotopic (exact) mass is 260 g/mol. The summed E-state index contributed by atoms with van der Waals surface area (Å²) in [5.41, 5.74) is 0. The summed E-state index contributed by atoms with van der Waals surface area (Å²) >= 11 is 0. The van der Waals surface area contributed by atoms with Crippen LogP contribution in [0.15, 0.2) is 0 Å². The van der Waals surface area contributed by atoms with Crippen LogP contribution in [0.4, 0.5) is 0 Å². The van der Waals surface area contributed by atoms with E-state index in [-0.39, 0.29) is 18.8 Å². The van der Waals surface area contributed by atoms with Crippen molar-refractivity contribution < 1.29 is 33.3 Å². The van der Waals surface area contributed by atoms with Gasteiger partial charge in [-0.15, -0.1) is 0 Å². The fourth-order valence-corrected chi connectivity index (χ4v) is 2.02. The minimum Gasteiger partial charge on any atom is -0.463 e. The Morgan fingerprint density at radius 3 is 2.39 bits per heavy atom. The predicted octanol–water partition coefficient (Wildman–Crippen LogP) is -0.380. The van der Waals surface area contributed by atoms with Crippen LogP contribution < -0.4 is 0 Å². The van der Waals surface area contributed by atoms with Gasteiger partial charge in [0.05, 0.1) is 0 Å². The van der Waals surface area contributed by atoms with E-state index in [4.69, 9.17) is 23.7 Å². The third-order valence-electron chi connectivity index (χ3n) is 2.81. The highest BCUT2D eigenvalue weighted by atomic mass is 16.8. The molecule has 0 aliphatic carbocycles. The van der Waals surface area contributed by atoms with Gasteiger partial charge in [0, 0.05) is 21.0 Å². The molecule has 0 radical (unpaired) electrons. The van der Waals surface area contributed by atoms with Gasteiger partial charge < -0.3 is 23.7 Å². The first-order chi connectivity index (χ1) is 8.52. The second kappa shape index (κ2) is 5.21. The van der Waals surface area contributed by atoms with Crippen molar-refractivity contribution in [1.29, 1.82) is 0 Å². The summed E-state index contributed by atoms with van der Waals surface area (Å²) in [5.74, 6) is -0.852. The lowest BCUT2D eigenvalue weighted by Gasteiger charge is -2.31. The van der Waals surface area contributed by atoms with E-state index in [1.54, 1.807) is 0 Å². The van der Waals surface area contributed by atoms with E-state index in [0.717, 1.165) is 0 Å². The summed E-state index contributed by atoms with van der Waals surface area (Å²) < 4.78 is 26.1. The van der Waals surface area contributed by atoms with Crippen LogP contribution in [-0.2, 0) is 33.3 Å². The minimum atomic E-state index is -0.577. The highest BCUT2D eigenvalue weighted by molar-refractivity contribution is 5.66. The van der Waals surface area contributed by atoms with Crippen LogP contribution in [0.5, 0.6) is 0 Å². The number of hydrogen-bond donors (Lipinski definition) is 0. The SMILES string of the molecule is CO[C@@H]1O[C@H](COC(C)=O)[C@@H](OC(C)=O)[C@@H]2O[C@H]12. The van der Waals surface area contributed by atoms with Crippen molar-refractivity contribution in [2.75, 3.05) is 13.7 Å². The lowest BCUT2D eigenvalue weighted by atomic mass is 10.0. The summed E-state index contributed by atoms with van der Waals surface area (Å²) in [6, 6.07) is 0. The van der Waals surface area contributed by atoms with E-state index in [1.165, 1.54) is 21.0 Å². The van der Waals surface area contributed by atoms with Gasteiger partial charge in [-0.2, -0.15) is 0 Å². The zero-order valence-corrected chi connectivity index (χ0v) is 10.5. The van der Waals surface area contributed by atoms with E-state index in [9.17, 15) is 9.59 Å². The summed E-state index contributed by atoms with van der Waals surface area (Å²) in [6.45, 7) is 2.61. The number of rotatable bonds is 4. The van der Waals surface area contributed by atoms with Crippen LogP contribution >= 0.6 is 0 Å².